The SMILES string of the molecule is Cc1ccc(S(=O)(=O)NC(=O)N(CCC[Si](CCC(F)(F)C(F)(F)C(F)(F)C(F)(F)C(F)(F)C(F)(F)F)(CCC(F)(F)C(F)(F)C(F)(F)C(F)(F)C(F)(F)C(F)(F)F)CCC(F)(F)C(F)(F)C(F)(F)C(F)(F)C(F)(F)C(F)(F)F)CCC[Si](CCC(F)(F)C(F)(F)C(F)(F)C(F)(F)C(F)(F)C(F)(F)F)(CCC(F)(F)C(F)(F)C(F)(F)C(F)(F)C(F)(F)C(F)(F)F)CCC(F)(F)C(F)(F)C(F)(F)C(F)(F)C(F)(F)C(F)(F)F)cc1. The van der Waals surface area contributed by atoms with E-state index in [1.807, 2.05) is 0 Å². The van der Waals surface area contributed by atoms with Crippen molar-refractivity contribution in [1.82, 2.24) is 9.62 Å². The Balaban J connectivity index is 5.77. The van der Waals surface area contributed by atoms with Crippen LogP contribution in [0.25, 0.3) is 0 Å². The lowest BCUT2D eigenvalue weighted by Gasteiger charge is -2.43. The molecule has 2 amide bonds. The second-order valence-corrected chi connectivity index (χ2v) is 43.6. The number of urea groups is 1. The number of halogens is 78. The summed E-state index contributed by atoms with van der Waals surface area (Å²) in [6, 6.07) is -36.0. The van der Waals surface area contributed by atoms with Crippen molar-refractivity contribution in [2.45, 2.75) is 326 Å². The molecule has 0 saturated heterocycles. The van der Waals surface area contributed by atoms with Crippen LogP contribution in [0.5, 0.6) is 0 Å². The number of nitrogens with one attached hydrogen (secondary N) is 1. The third-order valence-corrected chi connectivity index (χ3v) is 33.9. The van der Waals surface area contributed by atoms with Gasteiger partial charge in [0.2, 0.25) is 0 Å². The van der Waals surface area contributed by atoms with Gasteiger partial charge in [-0.1, -0.05) is 66.0 Å². The van der Waals surface area contributed by atoms with E-state index in [1.54, 1.807) is 0 Å². The minimum atomic E-state index is -9.59. The van der Waals surface area contributed by atoms with E-state index in [1.165, 1.54) is 0 Å². The second kappa shape index (κ2) is 39.6. The van der Waals surface area contributed by atoms with Crippen LogP contribution in [0.4, 0.5) is 347 Å². The Kier molecular flexibility index (Phi) is 37.3. The molecule has 0 aromatic heterocycles. The number of nitrogens with zero attached hydrogens (tertiary/aromatic N) is 1. The number of carbonyl (C=O) groups is 1. The summed E-state index contributed by atoms with van der Waals surface area (Å²) in [6.45, 7) is -5.85. The summed E-state index contributed by atoms with van der Waals surface area (Å²) in [5, 5.41) is 0. The van der Waals surface area contributed by atoms with E-state index in [-0.39, 0.29) is 16.9 Å². The fraction of sp³-hybridized carbons (Fsp3) is 0.887. The smallest absolute Gasteiger partial charge is 0.324 e. The first-order valence-corrected chi connectivity index (χ1v) is 43.7. The van der Waals surface area contributed by atoms with Gasteiger partial charge in [0.05, 0.1) is 21.0 Å². The Hall–Kier alpha value is -6.59. The molecule has 0 aliphatic rings. The van der Waals surface area contributed by atoms with Crippen molar-refractivity contribution in [1.29, 1.82) is 0 Å². The Bertz CT molecular complexity index is 4130. The minimum absolute atomic E-state index is 0.0434. The predicted molar refractivity (Wildman–Crippen MR) is 330 cm³/mol. The van der Waals surface area contributed by atoms with Gasteiger partial charge in [-0.15, -0.1) is 0 Å². The zero-order valence-electron chi connectivity index (χ0n) is 68.6. The number of aryl methyl sites for hydroxylation is 1. The maximum atomic E-state index is 15.9. The number of rotatable bonds is 52. The molecule has 86 heteroatoms. The Morgan fingerprint density at radius 3 is 0.466 bits per heavy atom. The Morgan fingerprint density at radius 2 is 0.338 bits per heavy atom. The van der Waals surface area contributed by atoms with Crippen molar-refractivity contribution in [3.63, 3.8) is 0 Å². The molecule has 0 spiro atoms. The van der Waals surface area contributed by atoms with E-state index in [0.717, 1.165) is 6.92 Å². The minimum Gasteiger partial charge on any atom is -0.324 e. The summed E-state index contributed by atoms with van der Waals surface area (Å²) < 4.78 is 1160. The molecule has 1 rings (SSSR count). The lowest BCUT2D eigenvalue weighted by Crippen LogP contribution is -2.70. The monoisotopic (exact) mass is 2430 g/mol. The maximum absolute atomic E-state index is 15.9. The zero-order chi connectivity index (χ0) is 120. The van der Waals surface area contributed by atoms with Gasteiger partial charge in [0, 0.05) is 51.6 Å². The van der Waals surface area contributed by atoms with Gasteiger partial charge in [0.15, 0.2) is 0 Å². The third-order valence-electron chi connectivity index (χ3n) is 21.9. The summed E-state index contributed by atoms with van der Waals surface area (Å²) in [4.78, 5) is 10.8. The molecule has 880 valence electrons. The number of benzene rings is 1. The van der Waals surface area contributed by atoms with Gasteiger partial charge in [0.1, 0.15) is 0 Å². The molecule has 0 bridgehead atoms. The molecular formula is C62H44F78N2O3SSi2. The highest BCUT2D eigenvalue weighted by Crippen LogP contribution is 2.71. The highest BCUT2D eigenvalue weighted by Gasteiger charge is 2.98. The van der Waals surface area contributed by atoms with Crippen LogP contribution in [0.1, 0.15) is 56.9 Å². The van der Waals surface area contributed by atoms with Crippen molar-refractivity contribution >= 4 is 32.2 Å². The number of sulfonamides is 1. The first-order valence-electron chi connectivity index (χ1n) is 36.6. The van der Waals surface area contributed by atoms with Gasteiger partial charge in [-0.2, -0.15) is 342 Å². The number of amides is 2. The Morgan fingerprint density at radius 1 is 0.209 bits per heavy atom. The fourth-order valence-corrected chi connectivity index (χ4v) is 23.2. The summed E-state index contributed by atoms with van der Waals surface area (Å²) in [5.41, 5.74) is -0.404. The zero-order valence-corrected chi connectivity index (χ0v) is 71.4. The molecular weight excluding hydrogens is 2390 g/mol. The molecule has 0 fully saturated rings. The van der Waals surface area contributed by atoms with Crippen molar-refractivity contribution in [3.8, 4) is 0 Å². The predicted octanol–water partition coefficient (Wildman–Crippen LogP) is 32.1. The largest absolute Gasteiger partial charge is 0.460 e. The van der Waals surface area contributed by atoms with E-state index in [2.05, 4.69) is 0 Å². The average molecular weight is 2440 g/mol. The normalized spacial score (nSPS) is 16.5. The van der Waals surface area contributed by atoms with Crippen LogP contribution in [-0.2, 0) is 10.0 Å². The molecule has 1 aromatic rings. The van der Waals surface area contributed by atoms with Crippen LogP contribution < -0.4 is 4.72 Å². The molecule has 0 saturated carbocycles. The maximum Gasteiger partial charge on any atom is 0.460 e. The molecule has 0 radical (unpaired) electrons. The fourth-order valence-electron chi connectivity index (χ4n) is 12.3. The molecule has 148 heavy (non-hydrogen) atoms. The molecule has 0 atom stereocenters. The van der Waals surface area contributed by atoms with E-state index in [4.69, 9.17) is 0 Å². The van der Waals surface area contributed by atoms with Crippen LogP contribution in [0, 0.1) is 6.92 Å². The first-order chi connectivity index (χ1) is 63.4. The highest BCUT2D eigenvalue weighted by atomic mass is 32.2. The van der Waals surface area contributed by atoms with Crippen LogP contribution in [0.15, 0.2) is 29.2 Å². The van der Waals surface area contributed by atoms with Gasteiger partial charge in [-0.3, -0.25) is 0 Å². The van der Waals surface area contributed by atoms with Crippen LogP contribution >= 0.6 is 0 Å². The van der Waals surface area contributed by atoms with E-state index in [0.29, 0.717) is 12.1 Å². The average Bonchev–Trinajstić information content (AvgIpc) is 0.728. The summed E-state index contributed by atoms with van der Waals surface area (Å²) >= 11 is 0. The number of hydrogen-bond acceptors (Lipinski definition) is 3. The summed E-state index contributed by atoms with van der Waals surface area (Å²) in [5.74, 6) is -277. The van der Waals surface area contributed by atoms with E-state index >= 15 is 105 Å². The number of hydrogen-bond donors (Lipinski definition) is 1. The van der Waals surface area contributed by atoms with Crippen molar-refractivity contribution in [3.05, 3.63) is 29.8 Å². The molecule has 0 aliphatic carbocycles. The highest BCUT2D eigenvalue weighted by molar-refractivity contribution is 7.90. The van der Waals surface area contributed by atoms with Crippen molar-refractivity contribution in [2.75, 3.05) is 13.1 Å². The number of carbonyl (C=O) groups excluding carboxylic acids is 1. The molecule has 0 unspecified atom stereocenters. The summed E-state index contributed by atoms with van der Waals surface area (Å²) in [7, 11) is -23.4. The summed E-state index contributed by atoms with van der Waals surface area (Å²) in [6.07, 6.45) is -88.4. The lowest BCUT2D eigenvalue weighted by atomic mass is 9.93. The lowest BCUT2D eigenvalue weighted by molar-refractivity contribution is -0.440. The topological polar surface area (TPSA) is 66.5 Å². The van der Waals surface area contributed by atoms with Gasteiger partial charge in [-0.05, 0) is 31.9 Å². The van der Waals surface area contributed by atoms with Gasteiger partial charge in [-0.25, -0.2) is 17.9 Å². The Labute approximate surface area is 766 Å². The van der Waals surface area contributed by atoms with Crippen molar-refractivity contribution in [2.24, 2.45) is 0 Å². The van der Waals surface area contributed by atoms with E-state index in [9.17, 15) is 250 Å². The van der Waals surface area contributed by atoms with Crippen molar-refractivity contribution < 1.29 is 356 Å². The third kappa shape index (κ3) is 22.5. The molecule has 1 aromatic carbocycles. The molecule has 5 nitrogen and oxygen atoms in total. The van der Waals surface area contributed by atoms with E-state index < -0.39 is 375 Å². The first kappa shape index (κ1) is 139. The van der Waals surface area contributed by atoms with Crippen LogP contribution in [-0.4, -0.2) is 263 Å². The molecule has 1 N–H and O–H groups in total. The molecule has 0 heterocycles. The van der Waals surface area contributed by atoms with Crippen LogP contribution in [0.2, 0.25) is 48.4 Å². The molecule has 0 aliphatic heterocycles. The second-order valence-electron chi connectivity index (χ2n) is 31.9. The van der Waals surface area contributed by atoms with Gasteiger partial charge in [0.25, 0.3) is 10.0 Å². The van der Waals surface area contributed by atoms with Gasteiger partial charge < -0.3 is 4.90 Å². The standard InChI is InChI=1S/C62H44F78N2O3SSi2/c1-24-4-6-25(7-5-24)146(144,145)141-26(143)142(14-2-16-147(18-8-27(63,64)33(75,76)39(87,88)45(99,100)51(111,112)57(123,124)125,19-9-28(65,66)34(77,78)40(89,90)46(101,102)52(113,114)58(126,127)128)20-10-29(67,68)35(79,80)41(91,92)47(103,104)53(115,116)59(129,130)131)15-3-17-148(21-11-30(69,70)36(81,82)42(93,94)48(105,106)54(117,118)60(132,133)134,22-12-31(71,72)37(83,84)43(95,96)49(107,108)55(119,120)61(135,136)137)23-13-32(73,74)38(85,86)44(97,98)50(109,110)56(121,122)62(138,139)140/h4-7H,2-3,8-23H2,1H3,(H,141,143). The quantitative estimate of drug-likeness (QED) is 0.0522. The van der Waals surface area contributed by atoms with Crippen LogP contribution in [0.3, 0.4) is 0 Å². The van der Waals surface area contributed by atoms with Gasteiger partial charge >= 0.3 is 221 Å². The number of alkyl halides is 78.